The van der Waals surface area contributed by atoms with Crippen LogP contribution in [0, 0.1) is 0 Å². The van der Waals surface area contributed by atoms with Gasteiger partial charge >= 0.3 is 12.0 Å². The molecule has 0 aromatic carbocycles. The molecule has 2 unspecified atom stereocenters. The Hall–Kier alpha value is -1.35. The number of aliphatic hydroxyl groups is 1. The number of urea groups is 1. The van der Waals surface area contributed by atoms with Crippen LogP contribution < -0.4 is 10.6 Å². The van der Waals surface area contributed by atoms with Crippen LogP contribution in [-0.4, -0.2) is 60.3 Å². The fourth-order valence-electron chi connectivity index (χ4n) is 1.47. The molecule has 9 heteroatoms. The molecule has 1 heterocycles. The maximum Gasteiger partial charge on any atom is 0.337 e. The van der Waals surface area contributed by atoms with Crippen LogP contribution in [0.1, 0.15) is 13.3 Å². The van der Waals surface area contributed by atoms with Crippen LogP contribution >= 0.6 is 0 Å². The summed E-state index contributed by atoms with van der Waals surface area (Å²) in [4.78, 5) is 21.9. The Bertz CT molecular complexity index is 444. The SMILES string of the molecule is CC(O)(CNC(=O)NC1CCS(=O)(=O)C1)C(=O)O. The van der Waals surface area contributed by atoms with E-state index in [0.717, 1.165) is 6.92 Å². The molecule has 104 valence electrons. The summed E-state index contributed by atoms with van der Waals surface area (Å²) < 4.78 is 22.3. The number of carboxylic acids is 1. The zero-order valence-corrected chi connectivity index (χ0v) is 10.7. The van der Waals surface area contributed by atoms with Gasteiger partial charge in [0, 0.05) is 6.04 Å². The predicted molar refractivity (Wildman–Crippen MR) is 61.9 cm³/mol. The molecule has 1 saturated heterocycles. The largest absolute Gasteiger partial charge is 0.479 e. The van der Waals surface area contributed by atoms with Crippen molar-refractivity contribution < 1.29 is 28.2 Å². The second-order valence-electron chi connectivity index (χ2n) is 4.51. The van der Waals surface area contributed by atoms with Crippen LogP contribution in [-0.2, 0) is 14.6 Å². The number of hydrogen-bond donors (Lipinski definition) is 4. The third-order valence-electron chi connectivity index (χ3n) is 2.62. The first-order valence-electron chi connectivity index (χ1n) is 5.33. The summed E-state index contributed by atoms with van der Waals surface area (Å²) in [6, 6.07) is -1.16. The van der Waals surface area contributed by atoms with E-state index in [1.54, 1.807) is 0 Å². The summed E-state index contributed by atoms with van der Waals surface area (Å²) in [5.74, 6) is -1.54. The quantitative estimate of drug-likeness (QED) is 0.485. The molecule has 1 aliphatic rings. The van der Waals surface area contributed by atoms with E-state index in [1.807, 2.05) is 0 Å². The van der Waals surface area contributed by atoms with E-state index in [9.17, 15) is 23.1 Å². The average Bonchev–Trinajstić information content (AvgIpc) is 2.55. The van der Waals surface area contributed by atoms with Crippen molar-refractivity contribution in [1.29, 1.82) is 0 Å². The van der Waals surface area contributed by atoms with Gasteiger partial charge in [-0.1, -0.05) is 0 Å². The second-order valence-corrected chi connectivity index (χ2v) is 6.73. The highest BCUT2D eigenvalue weighted by Gasteiger charge is 2.32. The van der Waals surface area contributed by atoms with Gasteiger partial charge in [-0.05, 0) is 13.3 Å². The lowest BCUT2D eigenvalue weighted by Crippen LogP contribution is -2.51. The predicted octanol–water partition coefficient (Wildman–Crippen LogP) is -1.69. The highest BCUT2D eigenvalue weighted by Crippen LogP contribution is 2.11. The maximum atomic E-state index is 11.4. The summed E-state index contributed by atoms with van der Waals surface area (Å²) in [6.45, 7) is 0.587. The van der Waals surface area contributed by atoms with E-state index >= 15 is 0 Å². The van der Waals surface area contributed by atoms with Crippen LogP contribution in [0.2, 0.25) is 0 Å². The van der Waals surface area contributed by atoms with E-state index in [0.29, 0.717) is 6.42 Å². The van der Waals surface area contributed by atoms with Gasteiger partial charge in [0.05, 0.1) is 18.1 Å². The maximum absolute atomic E-state index is 11.4. The first-order valence-corrected chi connectivity index (χ1v) is 7.15. The molecule has 18 heavy (non-hydrogen) atoms. The summed E-state index contributed by atoms with van der Waals surface area (Å²) in [7, 11) is -3.08. The van der Waals surface area contributed by atoms with Crippen molar-refractivity contribution in [3.05, 3.63) is 0 Å². The molecule has 1 rings (SSSR count). The van der Waals surface area contributed by atoms with Gasteiger partial charge in [-0.2, -0.15) is 0 Å². The molecule has 0 aromatic rings. The van der Waals surface area contributed by atoms with Gasteiger partial charge in [0.1, 0.15) is 0 Å². The lowest BCUT2D eigenvalue weighted by molar-refractivity contribution is -0.155. The third kappa shape index (κ3) is 4.15. The number of rotatable bonds is 4. The van der Waals surface area contributed by atoms with Gasteiger partial charge < -0.3 is 20.8 Å². The molecule has 0 radical (unpaired) electrons. The molecule has 2 amide bonds. The summed E-state index contributed by atoms with van der Waals surface area (Å²) in [6.07, 6.45) is 0.338. The zero-order valence-electron chi connectivity index (χ0n) is 9.84. The molecular formula is C9H16N2O6S. The van der Waals surface area contributed by atoms with Crippen LogP contribution in [0.5, 0.6) is 0 Å². The smallest absolute Gasteiger partial charge is 0.337 e. The van der Waals surface area contributed by atoms with Crippen LogP contribution in [0.3, 0.4) is 0 Å². The Morgan fingerprint density at radius 3 is 2.50 bits per heavy atom. The highest BCUT2D eigenvalue weighted by molar-refractivity contribution is 7.91. The molecule has 0 aliphatic carbocycles. The Morgan fingerprint density at radius 2 is 2.06 bits per heavy atom. The van der Waals surface area contributed by atoms with Crippen molar-refractivity contribution in [2.24, 2.45) is 0 Å². The van der Waals surface area contributed by atoms with Crippen molar-refractivity contribution in [1.82, 2.24) is 10.6 Å². The number of sulfone groups is 1. The molecule has 0 aromatic heterocycles. The minimum absolute atomic E-state index is 0.0325. The molecule has 8 nitrogen and oxygen atoms in total. The van der Waals surface area contributed by atoms with Gasteiger partial charge in [-0.3, -0.25) is 0 Å². The number of carboxylic acid groups (broad SMARTS) is 1. The lowest BCUT2D eigenvalue weighted by Gasteiger charge is -2.19. The fraction of sp³-hybridized carbons (Fsp3) is 0.778. The Kier molecular flexibility index (Phi) is 4.17. The highest BCUT2D eigenvalue weighted by atomic mass is 32.2. The molecule has 1 fully saturated rings. The molecule has 0 saturated carbocycles. The van der Waals surface area contributed by atoms with Crippen molar-refractivity contribution in [2.75, 3.05) is 18.1 Å². The standard InChI is InChI=1S/C9H16N2O6S/c1-9(15,7(12)13)5-10-8(14)11-6-2-3-18(16,17)4-6/h6,15H,2-5H2,1H3,(H,12,13)(H2,10,11,14). The number of aliphatic carboxylic acids is 1. The summed E-state index contributed by atoms with van der Waals surface area (Å²) in [5.41, 5.74) is -2.06. The van der Waals surface area contributed by atoms with Crippen molar-refractivity contribution in [3.63, 3.8) is 0 Å². The summed E-state index contributed by atoms with van der Waals surface area (Å²) >= 11 is 0. The van der Waals surface area contributed by atoms with E-state index in [2.05, 4.69) is 10.6 Å². The van der Waals surface area contributed by atoms with E-state index < -0.39 is 40.0 Å². The third-order valence-corrected chi connectivity index (χ3v) is 4.39. The number of carbonyl (C=O) groups excluding carboxylic acids is 1. The molecular weight excluding hydrogens is 264 g/mol. The average molecular weight is 280 g/mol. The molecule has 0 bridgehead atoms. The zero-order chi connectivity index (χ0) is 14.0. The van der Waals surface area contributed by atoms with Gasteiger partial charge in [0.2, 0.25) is 0 Å². The van der Waals surface area contributed by atoms with Crippen molar-refractivity contribution in [3.8, 4) is 0 Å². The van der Waals surface area contributed by atoms with Gasteiger partial charge in [-0.25, -0.2) is 18.0 Å². The minimum atomic E-state index is -3.08. The minimum Gasteiger partial charge on any atom is -0.479 e. The van der Waals surface area contributed by atoms with Crippen LogP contribution in [0.4, 0.5) is 4.79 Å². The first-order chi connectivity index (χ1) is 8.12. The Labute approximate surface area is 104 Å². The van der Waals surface area contributed by atoms with Gasteiger partial charge in [0.15, 0.2) is 15.4 Å². The van der Waals surface area contributed by atoms with E-state index in [-0.39, 0.29) is 11.5 Å². The molecule has 2 atom stereocenters. The van der Waals surface area contributed by atoms with E-state index in [1.165, 1.54) is 0 Å². The number of amides is 2. The summed E-state index contributed by atoms with van der Waals surface area (Å²) in [5, 5.41) is 22.5. The topological polar surface area (TPSA) is 133 Å². The second kappa shape index (κ2) is 5.11. The first kappa shape index (κ1) is 14.7. The monoisotopic (exact) mass is 280 g/mol. The van der Waals surface area contributed by atoms with Crippen LogP contribution in [0.15, 0.2) is 0 Å². The van der Waals surface area contributed by atoms with Crippen LogP contribution in [0.25, 0.3) is 0 Å². The Balaban J connectivity index is 2.38. The molecule has 4 N–H and O–H groups in total. The number of hydrogen-bond acceptors (Lipinski definition) is 5. The Morgan fingerprint density at radius 1 is 1.44 bits per heavy atom. The van der Waals surface area contributed by atoms with Gasteiger partial charge in [-0.15, -0.1) is 0 Å². The normalized spacial score (nSPS) is 25.1. The molecule has 1 aliphatic heterocycles. The lowest BCUT2D eigenvalue weighted by atomic mass is 10.1. The number of carbonyl (C=O) groups is 2. The number of nitrogens with one attached hydrogen (secondary N) is 2. The van der Waals surface area contributed by atoms with Gasteiger partial charge in [0.25, 0.3) is 0 Å². The fourth-order valence-corrected chi connectivity index (χ4v) is 3.15. The van der Waals surface area contributed by atoms with Crippen molar-refractivity contribution in [2.45, 2.75) is 25.0 Å². The van der Waals surface area contributed by atoms with Crippen molar-refractivity contribution >= 4 is 21.8 Å². The van der Waals surface area contributed by atoms with E-state index in [4.69, 9.17) is 5.11 Å². The molecule has 0 spiro atoms.